The SMILES string of the molecule is COc1cnc2ccc(Cl)c(C(O)CN3CCCC(CNCc4ccc5c(c4)NC(=O)CO5)C3)c2n1. The van der Waals surface area contributed by atoms with Gasteiger partial charge in [-0.1, -0.05) is 17.7 Å². The zero-order valence-corrected chi connectivity index (χ0v) is 20.9. The first kappa shape index (κ1) is 24.7. The number of aromatic nitrogens is 2. The first-order chi connectivity index (χ1) is 17.5. The Balaban J connectivity index is 1.18. The molecule has 1 saturated heterocycles. The van der Waals surface area contributed by atoms with Crippen molar-refractivity contribution in [3.63, 3.8) is 0 Å². The minimum atomic E-state index is -0.790. The predicted octanol–water partition coefficient (Wildman–Crippen LogP) is 3.16. The molecule has 5 rings (SSSR count). The summed E-state index contributed by atoms with van der Waals surface area (Å²) in [6, 6.07) is 9.42. The third-order valence-electron chi connectivity index (χ3n) is 6.69. The molecule has 3 heterocycles. The molecule has 3 N–H and O–H groups in total. The molecule has 2 aliphatic heterocycles. The fourth-order valence-electron chi connectivity index (χ4n) is 4.95. The number of hydrogen-bond donors (Lipinski definition) is 3. The van der Waals surface area contributed by atoms with Crippen LogP contribution < -0.4 is 20.1 Å². The van der Waals surface area contributed by atoms with Crippen LogP contribution in [0.3, 0.4) is 0 Å². The van der Waals surface area contributed by atoms with Crippen LogP contribution >= 0.6 is 11.6 Å². The number of β-amino-alcohol motifs (C(OH)–C–C–N with tert-alkyl or cyclic N) is 1. The van der Waals surface area contributed by atoms with Crippen LogP contribution in [0.25, 0.3) is 11.0 Å². The molecular formula is C26H30ClN5O4. The molecule has 2 unspecified atom stereocenters. The smallest absolute Gasteiger partial charge is 0.262 e. The van der Waals surface area contributed by atoms with E-state index in [9.17, 15) is 9.90 Å². The molecule has 10 heteroatoms. The van der Waals surface area contributed by atoms with E-state index < -0.39 is 6.10 Å². The van der Waals surface area contributed by atoms with Gasteiger partial charge in [0.15, 0.2) is 6.61 Å². The molecule has 190 valence electrons. The first-order valence-electron chi connectivity index (χ1n) is 12.2. The number of methoxy groups -OCH3 is 1. The number of ether oxygens (including phenoxy) is 2. The van der Waals surface area contributed by atoms with Crippen molar-refractivity contribution < 1.29 is 19.4 Å². The van der Waals surface area contributed by atoms with E-state index in [4.69, 9.17) is 21.1 Å². The quantitative estimate of drug-likeness (QED) is 0.423. The van der Waals surface area contributed by atoms with Gasteiger partial charge in [0.05, 0.1) is 30.6 Å². The molecule has 0 spiro atoms. The highest BCUT2D eigenvalue weighted by atomic mass is 35.5. The first-order valence-corrected chi connectivity index (χ1v) is 12.5. The van der Waals surface area contributed by atoms with Crippen molar-refractivity contribution in [3.05, 3.63) is 52.7 Å². The number of aliphatic hydroxyl groups is 1. The highest BCUT2D eigenvalue weighted by molar-refractivity contribution is 6.32. The van der Waals surface area contributed by atoms with Gasteiger partial charge in [0.1, 0.15) is 11.3 Å². The number of anilines is 1. The molecule has 0 aliphatic carbocycles. The molecule has 1 aromatic heterocycles. The van der Waals surface area contributed by atoms with E-state index in [1.54, 1.807) is 18.3 Å². The number of carbonyl (C=O) groups excluding carboxylic acids is 1. The van der Waals surface area contributed by atoms with Crippen molar-refractivity contribution in [3.8, 4) is 11.6 Å². The Morgan fingerprint density at radius 1 is 1.36 bits per heavy atom. The van der Waals surface area contributed by atoms with E-state index in [0.29, 0.717) is 52.3 Å². The van der Waals surface area contributed by atoms with Crippen LogP contribution in [-0.4, -0.2) is 65.8 Å². The van der Waals surface area contributed by atoms with Crippen molar-refractivity contribution >= 4 is 34.2 Å². The average Bonchev–Trinajstić information content (AvgIpc) is 2.88. The van der Waals surface area contributed by atoms with E-state index in [2.05, 4.69) is 25.5 Å². The summed E-state index contributed by atoms with van der Waals surface area (Å²) in [4.78, 5) is 22.7. The molecule has 1 amide bonds. The van der Waals surface area contributed by atoms with E-state index in [1.165, 1.54) is 7.11 Å². The normalized spacial score (nSPS) is 18.9. The molecule has 2 aromatic carbocycles. The summed E-state index contributed by atoms with van der Waals surface area (Å²) in [7, 11) is 1.54. The standard InChI is InChI=1S/C26H30ClN5O4/c1-35-24-12-29-19-6-5-18(27)25(26(19)31-24)21(33)14-32-8-2-3-17(13-32)11-28-10-16-4-7-22-20(9-16)30-23(34)15-36-22/h4-7,9,12,17,21,28,33H,2-3,8,10-11,13-15H2,1H3,(H,30,34). The number of halogens is 1. The average molecular weight is 512 g/mol. The summed E-state index contributed by atoms with van der Waals surface area (Å²) in [6.07, 6.45) is 2.97. The predicted molar refractivity (Wildman–Crippen MR) is 137 cm³/mol. The monoisotopic (exact) mass is 511 g/mol. The molecule has 1 fully saturated rings. The highest BCUT2D eigenvalue weighted by Crippen LogP contribution is 2.32. The van der Waals surface area contributed by atoms with Gasteiger partial charge < -0.3 is 30.1 Å². The second kappa shape index (κ2) is 11.0. The number of hydrogen-bond acceptors (Lipinski definition) is 8. The number of aliphatic hydroxyl groups excluding tert-OH is 1. The van der Waals surface area contributed by atoms with Gasteiger partial charge in [-0.15, -0.1) is 0 Å². The van der Waals surface area contributed by atoms with E-state index in [-0.39, 0.29) is 12.5 Å². The number of carbonyl (C=O) groups is 1. The van der Waals surface area contributed by atoms with Crippen LogP contribution in [0.1, 0.15) is 30.1 Å². The number of rotatable bonds is 8. The van der Waals surface area contributed by atoms with Gasteiger partial charge in [-0.25, -0.2) is 9.97 Å². The van der Waals surface area contributed by atoms with Gasteiger partial charge >= 0.3 is 0 Å². The molecule has 36 heavy (non-hydrogen) atoms. The van der Waals surface area contributed by atoms with Crippen LogP contribution in [0.15, 0.2) is 36.5 Å². The van der Waals surface area contributed by atoms with Crippen LogP contribution in [0, 0.1) is 5.92 Å². The zero-order chi connectivity index (χ0) is 25.1. The van der Waals surface area contributed by atoms with E-state index >= 15 is 0 Å². The zero-order valence-electron chi connectivity index (χ0n) is 20.2. The molecule has 0 saturated carbocycles. The van der Waals surface area contributed by atoms with Crippen LogP contribution in [0.4, 0.5) is 5.69 Å². The maximum atomic E-state index is 11.6. The van der Waals surface area contributed by atoms with Crippen molar-refractivity contribution in [1.82, 2.24) is 20.2 Å². The van der Waals surface area contributed by atoms with E-state index in [0.717, 1.165) is 43.7 Å². The Morgan fingerprint density at radius 3 is 3.11 bits per heavy atom. The third kappa shape index (κ3) is 5.54. The Kier molecular flexibility index (Phi) is 7.52. The number of amides is 1. The molecule has 9 nitrogen and oxygen atoms in total. The van der Waals surface area contributed by atoms with Crippen LogP contribution in [-0.2, 0) is 11.3 Å². The summed E-state index contributed by atoms with van der Waals surface area (Å²) in [6.45, 7) is 3.91. The van der Waals surface area contributed by atoms with Gasteiger partial charge in [0.25, 0.3) is 5.91 Å². The third-order valence-corrected chi connectivity index (χ3v) is 7.02. The molecule has 2 aliphatic rings. The molecule has 0 radical (unpaired) electrons. The van der Waals surface area contributed by atoms with Crippen molar-refractivity contribution in [1.29, 1.82) is 0 Å². The number of nitrogens with zero attached hydrogens (tertiary/aromatic N) is 3. The lowest BCUT2D eigenvalue weighted by Gasteiger charge is -2.34. The summed E-state index contributed by atoms with van der Waals surface area (Å²) in [5, 5.41) is 18.0. The second-order valence-electron chi connectivity index (χ2n) is 9.32. The maximum Gasteiger partial charge on any atom is 0.262 e. The van der Waals surface area contributed by atoms with Gasteiger partial charge in [-0.2, -0.15) is 0 Å². The fraction of sp³-hybridized carbons (Fsp3) is 0.423. The minimum absolute atomic E-state index is 0.0613. The molecule has 2 atom stereocenters. The number of likely N-dealkylation sites (tertiary alicyclic amines) is 1. The fourth-order valence-corrected chi connectivity index (χ4v) is 5.23. The Hall–Kier alpha value is -2.98. The number of benzene rings is 2. The maximum absolute atomic E-state index is 11.6. The van der Waals surface area contributed by atoms with Crippen molar-refractivity contribution in [2.75, 3.05) is 45.2 Å². The lowest BCUT2D eigenvalue weighted by Crippen LogP contribution is -2.41. The number of piperidine rings is 1. The van der Waals surface area contributed by atoms with Gasteiger partial charge in [-0.05, 0) is 61.7 Å². The Labute approximate surface area is 214 Å². The largest absolute Gasteiger partial charge is 0.482 e. The minimum Gasteiger partial charge on any atom is -0.482 e. The Morgan fingerprint density at radius 2 is 2.25 bits per heavy atom. The summed E-state index contributed by atoms with van der Waals surface area (Å²) >= 11 is 6.49. The number of nitrogens with one attached hydrogen (secondary N) is 2. The van der Waals surface area contributed by atoms with Gasteiger partial charge in [-0.3, -0.25) is 4.79 Å². The lowest BCUT2D eigenvalue weighted by molar-refractivity contribution is -0.118. The Bertz CT molecular complexity index is 1260. The second-order valence-corrected chi connectivity index (χ2v) is 9.73. The topological polar surface area (TPSA) is 109 Å². The lowest BCUT2D eigenvalue weighted by atomic mass is 9.96. The molecule has 0 bridgehead atoms. The van der Waals surface area contributed by atoms with Crippen LogP contribution in [0.2, 0.25) is 5.02 Å². The summed E-state index contributed by atoms with van der Waals surface area (Å²) in [5.74, 6) is 1.43. The van der Waals surface area contributed by atoms with Crippen molar-refractivity contribution in [2.45, 2.75) is 25.5 Å². The van der Waals surface area contributed by atoms with Crippen LogP contribution in [0.5, 0.6) is 11.6 Å². The van der Waals surface area contributed by atoms with Crippen molar-refractivity contribution in [2.24, 2.45) is 5.92 Å². The summed E-state index contributed by atoms with van der Waals surface area (Å²) in [5.41, 5.74) is 3.63. The van der Waals surface area contributed by atoms with Gasteiger partial charge in [0, 0.05) is 30.2 Å². The highest BCUT2D eigenvalue weighted by Gasteiger charge is 2.25. The van der Waals surface area contributed by atoms with Gasteiger partial charge in [0.2, 0.25) is 5.88 Å². The molecule has 3 aromatic rings. The number of fused-ring (bicyclic) bond motifs is 2. The summed E-state index contributed by atoms with van der Waals surface area (Å²) < 4.78 is 10.7. The molecular weight excluding hydrogens is 482 g/mol. The van der Waals surface area contributed by atoms with E-state index in [1.807, 2.05) is 18.2 Å².